The van der Waals surface area contributed by atoms with E-state index in [-0.39, 0.29) is 18.7 Å². The molecular weight excluding hydrogens is 304 g/mol. The van der Waals surface area contributed by atoms with Crippen molar-refractivity contribution in [3.05, 3.63) is 22.5 Å². The average molecular weight is 322 g/mol. The highest BCUT2D eigenvalue weighted by atomic mass is 32.1. The van der Waals surface area contributed by atoms with E-state index in [4.69, 9.17) is 5.11 Å². The first-order valence-electron chi connectivity index (χ1n) is 7.20. The number of anilines is 1. The summed E-state index contributed by atoms with van der Waals surface area (Å²) >= 11 is 1.34. The number of nitrogens with one attached hydrogen (secondary N) is 2. The van der Waals surface area contributed by atoms with E-state index in [1.807, 2.05) is 11.6 Å². The highest BCUT2D eigenvalue weighted by molar-refractivity contribution is 7.15. The van der Waals surface area contributed by atoms with E-state index in [1.165, 1.54) is 11.3 Å². The molecule has 0 fully saturated rings. The Morgan fingerprint density at radius 2 is 2.41 bits per heavy atom. The lowest BCUT2D eigenvalue weighted by Gasteiger charge is -2.24. The number of rotatable bonds is 4. The number of aromatic nitrogens is 4. The van der Waals surface area contributed by atoms with Gasteiger partial charge >= 0.3 is 6.03 Å². The summed E-state index contributed by atoms with van der Waals surface area (Å²) in [6.07, 6.45) is 4.56. The fourth-order valence-corrected chi connectivity index (χ4v) is 3.28. The monoisotopic (exact) mass is 322 g/mol. The van der Waals surface area contributed by atoms with Crippen molar-refractivity contribution in [2.45, 2.75) is 38.8 Å². The van der Waals surface area contributed by atoms with Crippen LogP contribution in [0.3, 0.4) is 0 Å². The normalized spacial score (nSPS) is 17.1. The van der Waals surface area contributed by atoms with Gasteiger partial charge in [0.1, 0.15) is 5.01 Å². The van der Waals surface area contributed by atoms with Crippen LogP contribution in [0.4, 0.5) is 9.93 Å². The molecule has 2 aromatic heterocycles. The quantitative estimate of drug-likeness (QED) is 0.785. The third-order valence-corrected chi connectivity index (χ3v) is 4.38. The minimum absolute atomic E-state index is 0.0586. The molecule has 0 bridgehead atoms. The van der Waals surface area contributed by atoms with E-state index in [0.717, 1.165) is 35.5 Å². The number of aliphatic hydroxyl groups excluding tert-OH is 1. The highest BCUT2D eigenvalue weighted by Gasteiger charge is 2.25. The maximum atomic E-state index is 12.1. The fraction of sp³-hybridized carbons (Fsp3) is 0.538. The zero-order valence-corrected chi connectivity index (χ0v) is 13.1. The van der Waals surface area contributed by atoms with E-state index < -0.39 is 0 Å². The lowest BCUT2D eigenvalue weighted by atomic mass is 9.93. The number of fused-ring (bicyclic) bond motifs is 1. The molecule has 0 aliphatic heterocycles. The van der Waals surface area contributed by atoms with Crippen LogP contribution in [0.25, 0.3) is 0 Å². The third-order valence-electron chi connectivity index (χ3n) is 3.63. The number of hydrogen-bond acceptors (Lipinski definition) is 6. The second-order valence-electron chi connectivity index (χ2n) is 5.16. The van der Waals surface area contributed by atoms with E-state index in [1.54, 1.807) is 6.20 Å². The van der Waals surface area contributed by atoms with E-state index >= 15 is 0 Å². The number of urea groups is 1. The lowest BCUT2D eigenvalue weighted by molar-refractivity contribution is 0.246. The summed E-state index contributed by atoms with van der Waals surface area (Å²) in [5, 5.41) is 28.1. The molecule has 0 aromatic carbocycles. The molecule has 2 amide bonds. The molecule has 0 saturated heterocycles. The van der Waals surface area contributed by atoms with Crippen molar-refractivity contribution >= 4 is 22.5 Å². The van der Waals surface area contributed by atoms with Crippen LogP contribution in [-0.4, -0.2) is 37.7 Å². The number of carbonyl (C=O) groups is 1. The van der Waals surface area contributed by atoms with Crippen LogP contribution < -0.4 is 10.6 Å². The first-order valence-corrected chi connectivity index (χ1v) is 8.02. The van der Waals surface area contributed by atoms with Crippen LogP contribution in [0.1, 0.15) is 35.1 Å². The Morgan fingerprint density at radius 1 is 1.55 bits per heavy atom. The summed E-state index contributed by atoms with van der Waals surface area (Å²) < 4.78 is 1.81. The molecule has 0 radical (unpaired) electrons. The van der Waals surface area contributed by atoms with Crippen LogP contribution >= 0.6 is 11.3 Å². The second kappa shape index (κ2) is 6.41. The van der Waals surface area contributed by atoms with Gasteiger partial charge < -0.3 is 10.4 Å². The van der Waals surface area contributed by atoms with Crippen molar-refractivity contribution in [3.63, 3.8) is 0 Å². The van der Waals surface area contributed by atoms with Crippen LogP contribution in [-0.2, 0) is 13.0 Å². The lowest BCUT2D eigenvalue weighted by Crippen LogP contribution is -2.34. The molecule has 0 spiro atoms. The summed E-state index contributed by atoms with van der Waals surface area (Å²) in [4.78, 5) is 12.1. The predicted molar refractivity (Wildman–Crippen MR) is 81.8 cm³/mol. The van der Waals surface area contributed by atoms with Crippen molar-refractivity contribution in [2.75, 3.05) is 11.9 Å². The van der Waals surface area contributed by atoms with Gasteiger partial charge in [-0.2, -0.15) is 5.10 Å². The molecule has 1 aliphatic carbocycles. The zero-order chi connectivity index (χ0) is 15.5. The average Bonchev–Trinajstić information content (AvgIpc) is 3.07. The molecule has 2 aromatic rings. The van der Waals surface area contributed by atoms with Crippen LogP contribution in [0, 0.1) is 6.92 Å². The van der Waals surface area contributed by atoms with Crippen LogP contribution in [0.5, 0.6) is 0 Å². The summed E-state index contributed by atoms with van der Waals surface area (Å²) in [6.45, 7) is 2.38. The Morgan fingerprint density at radius 3 is 3.14 bits per heavy atom. The van der Waals surface area contributed by atoms with E-state index in [2.05, 4.69) is 25.9 Å². The maximum Gasteiger partial charge on any atom is 0.321 e. The van der Waals surface area contributed by atoms with Gasteiger partial charge in [0.15, 0.2) is 0 Å². The Kier molecular flexibility index (Phi) is 4.34. The maximum absolute atomic E-state index is 12.1. The van der Waals surface area contributed by atoms with Gasteiger partial charge in [-0.3, -0.25) is 10.00 Å². The molecule has 2 heterocycles. The van der Waals surface area contributed by atoms with Crippen molar-refractivity contribution < 1.29 is 9.90 Å². The van der Waals surface area contributed by atoms with Gasteiger partial charge in [0.2, 0.25) is 5.13 Å². The number of aryl methyl sites for hydroxylation is 1. The summed E-state index contributed by atoms with van der Waals surface area (Å²) in [7, 11) is 0. The minimum atomic E-state index is -0.288. The zero-order valence-electron chi connectivity index (χ0n) is 12.2. The molecule has 8 nitrogen and oxygen atoms in total. The molecule has 9 heteroatoms. The molecule has 22 heavy (non-hydrogen) atoms. The van der Waals surface area contributed by atoms with E-state index in [9.17, 15) is 4.79 Å². The largest absolute Gasteiger partial charge is 0.394 e. The van der Waals surface area contributed by atoms with Gasteiger partial charge in [-0.25, -0.2) is 4.79 Å². The molecule has 1 aliphatic rings. The standard InChI is InChI=1S/C13H18N6O2S/c1-8-17-18-13(22-8)16-12(21)15-10-3-2-4-11-9(10)7-14-19(11)5-6-20/h7,10,20H,2-6H2,1H3,(H2,15,16,18,21). The Balaban J connectivity index is 1.67. The third kappa shape index (κ3) is 3.09. The van der Waals surface area contributed by atoms with Crippen molar-refractivity contribution in [1.82, 2.24) is 25.3 Å². The summed E-state index contributed by atoms with van der Waals surface area (Å²) in [5.74, 6) is 0. The minimum Gasteiger partial charge on any atom is -0.394 e. The number of hydrogen-bond donors (Lipinski definition) is 3. The summed E-state index contributed by atoms with van der Waals surface area (Å²) in [5.41, 5.74) is 2.13. The van der Waals surface area contributed by atoms with Crippen molar-refractivity contribution in [3.8, 4) is 0 Å². The number of amides is 2. The Hall–Kier alpha value is -2.00. The second-order valence-corrected chi connectivity index (χ2v) is 6.34. The van der Waals surface area contributed by atoms with Crippen molar-refractivity contribution in [1.29, 1.82) is 0 Å². The van der Waals surface area contributed by atoms with Crippen LogP contribution in [0.15, 0.2) is 6.20 Å². The van der Waals surface area contributed by atoms with Gasteiger partial charge in [0.05, 0.1) is 25.4 Å². The van der Waals surface area contributed by atoms with Gasteiger partial charge in [-0.15, -0.1) is 10.2 Å². The first-order chi connectivity index (χ1) is 10.7. The highest BCUT2D eigenvalue weighted by Crippen LogP contribution is 2.29. The van der Waals surface area contributed by atoms with Crippen molar-refractivity contribution in [2.24, 2.45) is 0 Å². The number of nitrogens with zero attached hydrogens (tertiary/aromatic N) is 4. The molecule has 1 unspecified atom stereocenters. The van der Waals surface area contributed by atoms with Gasteiger partial charge in [-0.1, -0.05) is 11.3 Å². The molecule has 3 N–H and O–H groups in total. The smallest absolute Gasteiger partial charge is 0.321 e. The fourth-order valence-electron chi connectivity index (χ4n) is 2.69. The topological polar surface area (TPSA) is 105 Å². The van der Waals surface area contributed by atoms with Gasteiger partial charge in [0, 0.05) is 11.3 Å². The van der Waals surface area contributed by atoms with E-state index in [0.29, 0.717) is 11.7 Å². The SMILES string of the molecule is Cc1nnc(NC(=O)NC2CCCc3c2cnn3CCO)s1. The summed E-state index contributed by atoms with van der Waals surface area (Å²) in [6, 6.07) is -0.353. The Labute approximate surface area is 131 Å². The van der Waals surface area contributed by atoms with Gasteiger partial charge in [0.25, 0.3) is 0 Å². The predicted octanol–water partition coefficient (Wildman–Crippen LogP) is 1.23. The Bertz CT molecular complexity index is 667. The molecule has 3 rings (SSSR count). The molecular formula is C13H18N6O2S. The van der Waals surface area contributed by atoms with Crippen LogP contribution in [0.2, 0.25) is 0 Å². The number of aliphatic hydroxyl groups is 1. The molecule has 0 saturated carbocycles. The molecule has 1 atom stereocenters. The number of carbonyl (C=O) groups excluding carboxylic acids is 1. The first kappa shape index (κ1) is 14.9. The molecule has 118 valence electrons. The van der Waals surface area contributed by atoms with Gasteiger partial charge in [-0.05, 0) is 26.2 Å².